The van der Waals surface area contributed by atoms with Crippen molar-refractivity contribution in [3.8, 4) is 22.9 Å². The first-order valence-electron chi connectivity index (χ1n) is 13.9. The van der Waals surface area contributed by atoms with Crippen molar-refractivity contribution in [3.63, 3.8) is 0 Å². The van der Waals surface area contributed by atoms with E-state index in [1.165, 1.54) is 20.5 Å². The lowest BCUT2D eigenvalue weighted by atomic mass is 10.1. The van der Waals surface area contributed by atoms with Crippen molar-refractivity contribution in [2.45, 2.75) is 45.3 Å². The van der Waals surface area contributed by atoms with E-state index in [0.717, 1.165) is 12.8 Å². The van der Waals surface area contributed by atoms with Crippen molar-refractivity contribution in [1.82, 2.24) is 34.6 Å². The molecule has 1 saturated heterocycles. The second-order valence-corrected chi connectivity index (χ2v) is 11.7. The largest absolute Gasteiger partial charge is 0.495 e. The zero-order chi connectivity index (χ0) is 31.4. The molecule has 0 unspecified atom stereocenters. The van der Waals surface area contributed by atoms with Crippen LogP contribution in [0.1, 0.15) is 39.7 Å². The summed E-state index contributed by atoms with van der Waals surface area (Å²) >= 11 is 13.1. The molecule has 5 rings (SSSR count). The summed E-state index contributed by atoms with van der Waals surface area (Å²) in [7, 11) is 3.01. The number of amides is 1. The van der Waals surface area contributed by atoms with Gasteiger partial charge in [0.2, 0.25) is 5.95 Å². The first-order valence-corrected chi connectivity index (χ1v) is 14.6. The van der Waals surface area contributed by atoms with Gasteiger partial charge in [-0.3, -0.25) is 4.68 Å². The number of anilines is 4. The van der Waals surface area contributed by atoms with Crippen molar-refractivity contribution >= 4 is 52.4 Å². The molecule has 0 spiro atoms. The average Bonchev–Trinajstić information content (AvgIpc) is 3.47. The van der Waals surface area contributed by atoms with E-state index in [9.17, 15) is 4.79 Å². The molecular weight excluding hydrogens is 609 g/mol. The van der Waals surface area contributed by atoms with Gasteiger partial charge in [-0.1, -0.05) is 23.2 Å². The van der Waals surface area contributed by atoms with E-state index in [2.05, 4.69) is 35.7 Å². The molecule has 44 heavy (non-hydrogen) atoms. The molecule has 3 aromatic heterocycles. The van der Waals surface area contributed by atoms with Gasteiger partial charge in [0, 0.05) is 31.5 Å². The van der Waals surface area contributed by atoms with Crippen LogP contribution in [0.15, 0.2) is 43.1 Å². The number of rotatable bonds is 8. The normalized spacial score (nSPS) is 13.8. The number of hydrogen-bond acceptors (Lipinski definition) is 11. The van der Waals surface area contributed by atoms with E-state index in [1.807, 2.05) is 37.7 Å². The monoisotopic (exact) mass is 641 g/mol. The van der Waals surface area contributed by atoms with Crippen LogP contribution < -0.4 is 20.1 Å². The van der Waals surface area contributed by atoms with Crippen LogP contribution in [0.25, 0.3) is 11.4 Å². The van der Waals surface area contributed by atoms with Gasteiger partial charge in [-0.25, -0.2) is 19.7 Å². The minimum Gasteiger partial charge on any atom is -0.495 e. The number of aromatic nitrogens is 6. The number of piperidine rings is 1. The van der Waals surface area contributed by atoms with Crippen LogP contribution >= 0.6 is 23.2 Å². The standard InChI is InChI=1S/C29H33Cl2N9O4/c1-29(2,3)44-28(41)39-11-8-18(9-12-39)40-15-17(14-35-40)36-27-34-16-33-26(38-27)19-7-6-10-32-25(19)37-24-22(30)20(42-4)13-21(43-5)23(24)31/h6-7,10,13-16,18H,8-9,11-12H2,1-5H3,(H,32,37)(H,33,34,36,38). The summed E-state index contributed by atoms with van der Waals surface area (Å²) in [4.78, 5) is 31.9. The van der Waals surface area contributed by atoms with E-state index in [4.69, 9.17) is 37.4 Å². The van der Waals surface area contributed by atoms with Gasteiger partial charge in [0.05, 0.1) is 43.4 Å². The van der Waals surface area contributed by atoms with E-state index in [-0.39, 0.29) is 22.2 Å². The number of hydrogen-bond donors (Lipinski definition) is 2. The summed E-state index contributed by atoms with van der Waals surface area (Å²) in [5.41, 5.74) is 1.13. The van der Waals surface area contributed by atoms with Crippen LogP contribution in [0.2, 0.25) is 10.0 Å². The maximum Gasteiger partial charge on any atom is 0.410 e. The number of likely N-dealkylation sites (tertiary alicyclic amines) is 1. The molecule has 1 aromatic carbocycles. The summed E-state index contributed by atoms with van der Waals surface area (Å²) in [6, 6.07) is 5.34. The molecule has 4 aromatic rings. The second kappa shape index (κ2) is 13.1. The van der Waals surface area contributed by atoms with Gasteiger partial charge in [-0.2, -0.15) is 10.1 Å². The highest BCUT2D eigenvalue weighted by Crippen LogP contribution is 2.45. The molecule has 0 saturated carbocycles. The number of carbonyl (C=O) groups is 1. The zero-order valence-corrected chi connectivity index (χ0v) is 26.5. The molecule has 2 N–H and O–H groups in total. The lowest BCUT2D eigenvalue weighted by Gasteiger charge is -2.33. The molecular formula is C29H33Cl2N9O4. The van der Waals surface area contributed by atoms with Crippen molar-refractivity contribution in [2.75, 3.05) is 37.9 Å². The number of nitrogens with zero attached hydrogens (tertiary/aromatic N) is 7. The van der Waals surface area contributed by atoms with Gasteiger partial charge in [0.15, 0.2) is 5.82 Å². The van der Waals surface area contributed by atoms with Crippen molar-refractivity contribution in [2.24, 2.45) is 0 Å². The smallest absolute Gasteiger partial charge is 0.410 e. The zero-order valence-electron chi connectivity index (χ0n) is 25.0. The van der Waals surface area contributed by atoms with E-state index in [1.54, 1.807) is 29.4 Å². The van der Waals surface area contributed by atoms with Gasteiger partial charge in [0.25, 0.3) is 0 Å². The van der Waals surface area contributed by atoms with Gasteiger partial charge in [-0.15, -0.1) is 0 Å². The highest BCUT2D eigenvalue weighted by molar-refractivity contribution is 6.41. The average molecular weight is 643 g/mol. The first kappa shape index (κ1) is 31.1. The van der Waals surface area contributed by atoms with Crippen molar-refractivity contribution < 1.29 is 19.0 Å². The third kappa shape index (κ3) is 7.05. The number of pyridine rings is 1. The molecule has 232 valence electrons. The van der Waals surface area contributed by atoms with E-state index < -0.39 is 5.60 Å². The molecule has 13 nitrogen and oxygen atoms in total. The Bertz CT molecular complexity index is 1610. The molecule has 1 fully saturated rings. The molecule has 0 atom stereocenters. The second-order valence-electron chi connectivity index (χ2n) is 11.0. The fraction of sp³-hybridized carbons (Fsp3) is 0.379. The van der Waals surface area contributed by atoms with Crippen LogP contribution in [0.3, 0.4) is 0 Å². The van der Waals surface area contributed by atoms with Gasteiger partial charge in [-0.05, 0) is 45.7 Å². The Kier molecular flexibility index (Phi) is 9.25. The Labute approximate surface area is 264 Å². The fourth-order valence-electron chi connectivity index (χ4n) is 4.66. The SMILES string of the molecule is COc1cc(OC)c(Cl)c(Nc2ncccc2-c2ncnc(Nc3cnn(C4CCN(C(=O)OC(C)(C)C)CC4)c3)n2)c1Cl. The molecule has 1 aliphatic heterocycles. The molecule has 15 heteroatoms. The molecule has 0 bridgehead atoms. The number of methoxy groups -OCH3 is 2. The molecule has 1 aliphatic rings. The minimum atomic E-state index is -0.522. The number of ether oxygens (including phenoxy) is 3. The summed E-state index contributed by atoms with van der Waals surface area (Å²) in [6.45, 7) is 6.79. The molecule has 0 aliphatic carbocycles. The quantitative estimate of drug-likeness (QED) is 0.217. The minimum absolute atomic E-state index is 0.149. The summed E-state index contributed by atoms with van der Waals surface area (Å²) < 4.78 is 18.2. The van der Waals surface area contributed by atoms with E-state index in [0.29, 0.717) is 59.1 Å². The third-order valence-corrected chi connectivity index (χ3v) is 7.54. The Balaban J connectivity index is 1.30. The van der Waals surface area contributed by atoms with Crippen LogP contribution in [0.4, 0.5) is 27.9 Å². The number of benzene rings is 1. The van der Waals surface area contributed by atoms with Crippen LogP contribution in [-0.2, 0) is 4.74 Å². The number of halogens is 2. The first-order chi connectivity index (χ1) is 21.1. The topological polar surface area (TPSA) is 141 Å². The predicted octanol–water partition coefficient (Wildman–Crippen LogP) is 6.51. The Morgan fingerprint density at radius 2 is 1.73 bits per heavy atom. The van der Waals surface area contributed by atoms with E-state index >= 15 is 0 Å². The molecule has 1 amide bonds. The van der Waals surface area contributed by atoms with Gasteiger partial charge in [0.1, 0.15) is 39.3 Å². The highest BCUT2D eigenvalue weighted by atomic mass is 35.5. The van der Waals surface area contributed by atoms with Crippen LogP contribution in [-0.4, -0.2) is 73.6 Å². The Hall–Kier alpha value is -4.36. The molecule has 4 heterocycles. The molecule has 0 radical (unpaired) electrons. The van der Waals surface area contributed by atoms with Crippen molar-refractivity contribution in [1.29, 1.82) is 0 Å². The van der Waals surface area contributed by atoms with Crippen molar-refractivity contribution in [3.05, 3.63) is 53.2 Å². The number of nitrogens with one attached hydrogen (secondary N) is 2. The highest BCUT2D eigenvalue weighted by Gasteiger charge is 2.28. The maximum absolute atomic E-state index is 12.4. The Morgan fingerprint density at radius 3 is 2.39 bits per heavy atom. The third-order valence-electron chi connectivity index (χ3n) is 6.79. The number of carbonyl (C=O) groups excluding carboxylic acids is 1. The summed E-state index contributed by atoms with van der Waals surface area (Å²) in [6.07, 6.45) is 7.88. The van der Waals surface area contributed by atoms with Crippen LogP contribution in [0, 0.1) is 0 Å². The lowest BCUT2D eigenvalue weighted by Crippen LogP contribution is -2.42. The summed E-state index contributed by atoms with van der Waals surface area (Å²) in [5.74, 6) is 1.86. The van der Waals surface area contributed by atoms with Crippen LogP contribution in [0.5, 0.6) is 11.5 Å². The lowest BCUT2D eigenvalue weighted by molar-refractivity contribution is 0.0185. The maximum atomic E-state index is 12.4. The predicted molar refractivity (Wildman–Crippen MR) is 167 cm³/mol. The van der Waals surface area contributed by atoms with Gasteiger partial charge >= 0.3 is 6.09 Å². The summed E-state index contributed by atoms with van der Waals surface area (Å²) in [5, 5.41) is 11.4. The Morgan fingerprint density at radius 1 is 1.02 bits per heavy atom. The fourth-order valence-corrected chi connectivity index (χ4v) is 5.25. The van der Waals surface area contributed by atoms with Gasteiger partial charge < -0.3 is 29.7 Å².